The number of hydrogen-bond acceptors (Lipinski definition) is 4. The molecule has 0 aliphatic heterocycles. The van der Waals surface area contributed by atoms with Crippen LogP contribution in [-0.2, 0) is 14.8 Å². The van der Waals surface area contributed by atoms with E-state index in [0.717, 1.165) is 22.0 Å². The number of aromatic amines is 1. The van der Waals surface area contributed by atoms with E-state index in [-0.39, 0.29) is 35.5 Å². The van der Waals surface area contributed by atoms with E-state index in [4.69, 9.17) is 0 Å². The Bertz CT molecular complexity index is 1430. The molecule has 0 bridgehead atoms. The molecule has 8 heteroatoms. The van der Waals surface area contributed by atoms with Crippen LogP contribution in [0.3, 0.4) is 0 Å². The van der Waals surface area contributed by atoms with Gasteiger partial charge < -0.3 is 10.3 Å². The van der Waals surface area contributed by atoms with Crippen LogP contribution in [0.5, 0.6) is 0 Å². The number of carbonyl (C=O) groups excluding carboxylic acids is 2. The fourth-order valence-electron chi connectivity index (χ4n) is 4.03. The number of H-pyrrole nitrogens is 1. The third kappa shape index (κ3) is 5.85. The molecule has 0 spiro atoms. The van der Waals surface area contributed by atoms with Crippen LogP contribution >= 0.6 is 0 Å². The average Bonchev–Trinajstić information content (AvgIpc) is 3.29. The number of sulfonamides is 1. The van der Waals surface area contributed by atoms with Crippen molar-refractivity contribution in [1.82, 2.24) is 15.0 Å². The minimum absolute atomic E-state index is 0.000153. The van der Waals surface area contributed by atoms with Crippen LogP contribution in [0.1, 0.15) is 40.7 Å². The smallest absolute Gasteiger partial charge is 0.240 e. The monoisotopic (exact) mass is 489 g/mol. The number of benzene rings is 3. The molecule has 0 aliphatic rings. The number of fused-ring (bicyclic) bond motifs is 1. The number of hydrogen-bond donors (Lipinski definition) is 3. The van der Waals surface area contributed by atoms with Gasteiger partial charge in [0.05, 0.1) is 4.90 Å². The number of rotatable bonds is 10. The van der Waals surface area contributed by atoms with Crippen LogP contribution in [0.25, 0.3) is 10.9 Å². The van der Waals surface area contributed by atoms with Gasteiger partial charge in [0, 0.05) is 48.1 Å². The first kappa shape index (κ1) is 24.4. The van der Waals surface area contributed by atoms with Crippen LogP contribution < -0.4 is 10.0 Å². The second-order valence-corrected chi connectivity index (χ2v) is 10.1. The highest BCUT2D eigenvalue weighted by Crippen LogP contribution is 2.30. The first-order valence-electron chi connectivity index (χ1n) is 11.3. The molecule has 0 radical (unpaired) electrons. The Hall–Kier alpha value is -3.75. The van der Waals surface area contributed by atoms with Crippen molar-refractivity contribution in [2.24, 2.45) is 0 Å². The lowest BCUT2D eigenvalue weighted by Crippen LogP contribution is -2.33. The Labute approximate surface area is 204 Å². The van der Waals surface area contributed by atoms with E-state index >= 15 is 0 Å². The molecular weight excluding hydrogens is 462 g/mol. The number of ketones is 1. The third-order valence-corrected chi connectivity index (χ3v) is 7.39. The summed E-state index contributed by atoms with van der Waals surface area (Å²) in [4.78, 5) is 27.3. The molecule has 0 fully saturated rings. The molecule has 0 aliphatic carbocycles. The highest BCUT2D eigenvalue weighted by Gasteiger charge is 2.19. The zero-order valence-corrected chi connectivity index (χ0v) is 20.1. The van der Waals surface area contributed by atoms with Gasteiger partial charge in [-0.05, 0) is 36.2 Å². The zero-order chi connectivity index (χ0) is 24.8. The minimum atomic E-state index is -3.78. The van der Waals surface area contributed by atoms with Crippen LogP contribution in [0.15, 0.2) is 90.0 Å². The quantitative estimate of drug-likeness (QED) is 0.293. The number of para-hydroxylation sites is 1. The summed E-state index contributed by atoms with van der Waals surface area (Å²) in [7, 11) is -3.78. The van der Waals surface area contributed by atoms with Crippen molar-refractivity contribution in [2.75, 3.05) is 13.1 Å². The van der Waals surface area contributed by atoms with Crippen LogP contribution in [-0.4, -0.2) is 38.2 Å². The van der Waals surface area contributed by atoms with Gasteiger partial charge in [0.15, 0.2) is 5.78 Å². The molecule has 0 saturated heterocycles. The molecular formula is C27H27N3O4S. The van der Waals surface area contributed by atoms with E-state index < -0.39 is 10.0 Å². The summed E-state index contributed by atoms with van der Waals surface area (Å²) in [6.45, 7) is 1.76. The van der Waals surface area contributed by atoms with Crippen LogP contribution in [0.2, 0.25) is 0 Å². The molecule has 1 aromatic heterocycles. The second-order valence-electron chi connectivity index (χ2n) is 8.29. The molecule has 1 atom stereocenters. The van der Waals surface area contributed by atoms with Crippen molar-refractivity contribution in [3.63, 3.8) is 0 Å². The van der Waals surface area contributed by atoms with E-state index in [2.05, 4.69) is 21.1 Å². The first-order chi connectivity index (χ1) is 16.8. The Balaban J connectivity index is 1.38. The summed E-state index contributed by atoms with van der Waals surface area (Å²) in [5.41, 5.74) is 3.63. The van der Waals surface area contributed by atoms with Gasteiger partial charge in [-0.2, -0.15) is 0 Å². The van der Waals surface area contributed by atoms with E-state index in [1.807, 2.05) is 54.7 Å². The normalized spacial score (nSPS) is 12.4. The van der Waals surface area contributed by atoms with Crippen molar-refractivity contribution < 1.29 is 18.0 Å². The minimum Gasteiger partial charge on any atom is -0.361 e. The standard InChI is InChI=1S/C27H27N3O4S/c1-19(31)20-11-13-22(14-12-20)35(33,34)30-16-15-27(32)29-17-24(21-7-3-2-4-8-21)25-18-28-26-10-6-5-9-23(25)26/h2-14,18,24,28,30H,15-17H2,1H3,(H,29,32). The highest BCUT2D eigenvalue weighted by atomic mass is 32.2. The molecule has 0 saturated carbocycles. The van der Waals surface area contributed by atoms with Crippen molar-refractivity contribution in [3.8, 4) is 0 Å². The summed E-state index contributed by atoms with van der Waals surface area (Å²) in [6.07, 6.45) is 1.97. The largest absolute Gasteiger partial charge is 0.361 e. The van der Waals surface area contributed by atoms with Gasteiger partial charge >= 0.3 is 0 Å². The molecule has 1 amide bonds. The van der Waals surface area contributed by atoms with Crippen molar-refractivity contribution in [3.05, 3.63) is 102 Å². The van der Waals surface area contributed by atoms with Gasteiger partial charge in [-0.1, -0.05) is 60.7 Å². The lowest BCUT2D eigenvalue weighted by molar-refractivity contribution is -0.120. The highest BCUT2D eigenvalue weighted by molar-refractivity contribution is 7.89. The van der Waals surface area contributed by atoms with Crippen LogP contribution in [0, 0.1) is 0 Å². The summed E-state index contributed by atoms with van der Waals surface area (Å²) >= 11 is 0. The SMILES string of the molecule is CC(=O)c1ccc(S(=O)(=O)NCCC(=O)NCC(c2ccccc2)c2c[nH]c3ccccc23)cc1. The lowest BCUT2D eigenvalue weighted by atomic mass is 9.91. The molecule has 4 rings (SSSR count). The lowest BCUT2D eigenvalue weighted by Gasteiger charge is -2.18. The van der Waals surface area contributed by atoms with Gasteiger partial charge in [0.2, 0.25) is 15.9 Å². The number of carbonyl (C=O) groups is 2. The molecule has 3 N–H and O–H groups in total. The molecule has 3 aromatic carbocycles. The fraction of sp³-hybridized carbons (Fsp3) is 0.185. The molecule has 4 aromatic rings. The van der Waals surface area contributed by atoms with E-state index in [9.17, 15) is 18.0 Å². The van der Waals surface area contributed by atoms with Gasteiger partial charge in [-0.3, -0.25) is 9.59 Å². The van der Waals surface area contributed by atoms with Crippen LogP contribution in [0.4, 0.5) is 0 Å². The molecule has 1 unspecified atom stereocenters. The number of Topliss-reactive ketones (excluding diaryl/α,β-unsaturated/α-hetero) is 1. The maximum atomic E-state index is 12.6. The molecule has 7 nitrogen and oxygen atoms in total. The first-order valence-corrected chi connectivity index (χ1v) is 12.8. The Kier molecular flexibility index (Phi) is 7.43. The topological polar surface area (TPSA) is 108 Å². The summed E-state index contributed by atoms with van der Waals surface area (Å²) < 4.78 is 27.4. The van der Waals surface area contributed by atoms with E-state index in [1.165, 1.54) is 31.2 Å². The number of amides is 1. The molecule has 35 heavy (non-hydrogen) atoms. The third-order valence-electron chi connectivity index (χ3n) is 5.92. The van der Waals surface area contributed by atoms with Gasteiger partial charge in [-0.25, -0.2) is 13.1 Å². The Morgan fingerprint density at radius 3 is 2.31 bits per heavy atom. The maximum absolute atomic E-state index is 12.6. The fourth-order valence-corrected chi connectivity index (χ4v) is 5.06. The number of nitrogens with one attached hydrogen (secondary N) is 3. The summed E-state index contributed by atoms with van der Waals surface area (Å²) in [5, 5.41) is 4.05. The molecule has 1 heterocycles. The second kappa shape index (κ2) is 10.7. The Morgan fingerprint density at radius 2 is 1.60 bits per heavy atom. The van der Waals surface area contributed by atoms with Gasteiger partial charge in [-0.15, -0.1) is 0 Å². The average molecular weight is 490 g/mol. The van der Waals surface area contributed by atoms with Gasteiger partial charge in [0.1, 0.15) is 0 Å². The van der Waals surface area contributed by atoms with E-state index in [0.29, 0.717) is 12.1 Å². The zero-order valence-electron chi connectivity index (χ0n) is 19.3. The predicted molar refractivity (Wildman–Crippen MR) is 136 cm³/mol. The molecule has 180 valence electrons. The summed E-state index contributed by atoms with van der Waals surface area (Å²) in [6, 6.07) is 23.7. The van der Waals surface area contributed by atoms with E-state index in [1.54, 1.807) is 0 Å². The van der Waals surface area contributed by atoms with Gasteiger partial charge in [0.25, 0.3) is 0 Å². The maximum Gasteiger partial charge on any atom is 0.240 e. The van der Waals surface area contributed by atoms with Crippen molar-refractivity contribution >= 4 is 32.6 Å². The van der Waals surface area contributed by atoms with Crippen molar-refractivity contribution in [1.29, 1.82) is 0 Å². The predicted octanol–water partition coefficient (Wildman–Crippen LogP) is 3.99. The summed E-state index contributed by atoms with van der Waals surface area (Å²) in [5.74, 6) is -0.451. The Morgan fingerprint density at radius 1 is 0.914 bits per heavy atom. The number of aromatic nitrogens is 1. The van der Waals surface area contributed by atoms with Crippen molar-refractivity contribution in [2.45, 2.75) is 24.2 Å².